The second-order valence-corrected chi connectivity index (χ2v) is 7.12. The highest BCUT2D eigenvalue weighted by molar-refractivity contribution is 7.89. The molecule has 21 heavy (non-hydrogen) atoms. The number of hydrogen-bond acceptors (Lipinski definition) is 4. The summed E-state index contributed by atoms with van der Waals surface area (Å²) in [5, 5.41) is 2.74. The second-order valence-electron chi connectivity index (χ2n) is 5.26. The van der Waals surface area contributed by atoms with Crippen molar-refractivity contribution >= 4 is 21.6 Å². The number of amides is 1. The van der Waals surface area contributed by atoms with Crippen molar-refractivity contribution in [3.8, 4) is 0 Å². The lowest BCUT2D eigenvalue weighted by Crippen LogP contribution is -2.39. The number of aryl methyl sites for hydroxylation is 1. The summed E-state index contributed by atoms with van der Waals surface area (Å²) in [5.41, 5.74) is 6.02. The van der Waals surface area contributed by atoms with Crippen molar-refractivity contribution in [1.82, 2.24) is 4.72 Å². The number of sulfonamides is 1. The average Bonchev–Trinajstić information content (AvgIpc) is 2.48. The zero-order valence-corrected chi connectivity index (χ0v) is 13.7. The predicted octanol–water partition coefficient (Wildman–Crippen LogP) is 1.22. The molecule has 0 bridgehead atoms. The summed E-state index contributed by atoms with van der Waals surface area (Å²) in [6.45, 7) is 5.59. The maximum Gasteiger partial charge on any atom is 0.240 e. The van der Waals surface area contributed by atoms with Crippen molar-refractivity contribution in [2.75, 3.05) is 18.9 Å². The summed E-state index contributed by atoms with van der Waals surface area (Å²) in [7, 11) is -2.21. The van der Waals surface area contributed by atoms with Crippen molar-refractivity contribution in [1.29, 1.82) is 0 Å². The van der Waals surface area contributed by atoms with Gasteiger partial charge in [-0.2, -0.15) is 0 Å². The van der Waals surface area contributed by atoms with Crippen LogP contribution in [0.15, 0.2) is 23.1 Å². The maximum absolute atomic E-state index is 12.3. The third kappa shape index (κ3) is 3.81. The van der Waals surface area contributed by atoms with E-state index in [0.29, 0.717) is 17.7 Å². The first-order valence-electron chi connectivity index (χ1n) is 6.76. The molecule has 6 nitrogen and oxygen atoms in total. The predicted molar refractivity (Wildman–Crippen MR) is 83.5 cm³/mol. The SMILES string of the molecule is CCC(C)(CN)C(=O)Nc1ccc(C)c(S(=O)(=O)NC)c1. The molecular weight excluding hydrogens is 290 g/mol. The quantitative estimate of drug-likeness (QED) is 0.735. The van der Waals surface area contributed by atoms with Gasteiger partial charge in [0.05, 0.1) is 10.3 Å². The normalized spacial score (nSPS) is 14.5. The second kappa shape index (κ2) is 6.55. The molecule has 1 atom stereocenters. The van der Waals surface area contributed by atoms with Crippen LogP contribution in [-0.4, -0.2) is 27.9 Å². The van der Waals surface area contributed by atoms with E-state index in [1.165, 1.54) is 13.1 Å². The minimum Gasteiger partial charge on any atom is -0.329 e. The molecule has 0 aromatic heterocycles. The summed E-state index contributed by atoms with van der Waals surface area (Å²) < 4.78 is 26.1. The molecule has 1 rings (SSSR count). The minimum atomic E-state index is -3.56. The molecule has 0 saturated heterocycles. The summed E-state index contributed by atoms with van der Waals surface area (Å²) in [5.74, 6) is -0.218. The lowest BCUT2D eigenvalue weighted by Gasteiger charge is -2.25. The molecule has 118 valence electrons. The molecule has 0 saturated carbocycles. The maximum atomic E-state index is 12.3. The summed E-state index contributed by atoms with van der Waals surface area (Å²) in [4.78, 5) is 12.4. The van der Waals surface area contributed by atoms with E-state index in [2.05, 4.69) is 10.0 Å². The van der Waals surface area contributed by atoms with Crippen LogP contribution < -0.4 is 15.8 Å². The van der Waals surface area contributed by atoms with Crippen LogP contribution in [0.2, 0.25) is 0 Å². The van der Waals surface area contributed by atoms with Crippen LogP contribution in [0.1, 0.15) is 25.8 Å². The highest BCUT2D eigenvalue weighted by Crippen LogP contribution is 2.24. The summed E-state index contributed by atoms with van der Waals surface area (Å²) in [6.07, 6.45) is 0.600. The Bertz CT molecular complexity index is 622. The van der Waals surface area contributed by atoms with E-state index < -0.39 is 15.4 Å². The molecular formula is C14H23N3O3S. The minimum absolute atomic E-state index is 0.147. The van der Waals surface area contributed by atoms with Gasteiger partial charge >= 0.3 is 0 Å². The molecule has 0 aliphatic heterocycles. The molecule has 1 unspecified atom stereocenters. The Morgan fingerprint density at radius 1 is 1.38 bits per heavy atom. The summed E-state index contributed by atoms with van der Waals surface area (Å²) in [6, 6.07) is 4.78. The molecule has 0 aliphatic carbocycles. The first-order valence-corrected chi connectivity index (χ1v) is 8.24. The van der Waals surface area contributed by atoms with Gasteiger partial charge in [0, 0.05) is 12.2 Å². The fourth-order valence-corrected chi connectivity index (χ4v) is 2.75. The van der Waals surface area contributed by atoms with E-state index in [4.69, 9.17) is 5.73 Å². The Hall–Kier alpha value is -1.44. The van der Waals surface area contributed by atoms with Gasteiger partial charge in [-0.05, 0) is 45.0 Å². The van der Waals surface area contributed by atoms with Gasteiger partial charge in [0.2, 0.25) is 15.9 Å². The number of carbonyl (C=O) groups is 1. The van der Waals surface area contributed by atoms with Crippen molar-refractivity contribution in [2.45, 2.75) is 32.1 Å². The van der Waals surface area contributed by atoms with Crippen LogP contribution in [0.4, 0.5) is 5.69 Å². The molecule has 0 spiro atoms. The molecule has 4 N–H and O–H groups in total. The highest BCUT2D eigenvalue weighted by atomic mass is 32.2. The lowest BCUT2D eigenvalue weighted by atomic mass is 9.86. The molecule has 0 aliphatic rings. The summed E-state index contributed by atoms with van der Waals surface area (Å²) >= 11 is 0. The third-order valence-electron chi connectivity index (χ3n) is 3.78. The van der Waals surface area contributed by atoms with Crippen LogP contribution in [0.3, 0.4) is 0 Å². The topological polar surface area (TPSA) is 101 Å². The van der Waals surface area contributed by atoms with Crippen LogP contribution in [0, 0.1) is 12.3 Å². The molecule has 1 amide bonds. The first-order chi connectivity index (χ1) is 9.70. The Balaban J connectivity index is 3.13. The van der Waals surface area contributed by atoms with Gasteiger partial charge in [-0.1, -0.05) is 13.0 Å². The van der Waals surface area contributed by atoms with Crippen LogP contribution in [-0.2, 0) is 14.8 Å². The first kappa shape index (κ1) is 17.6. The number of benzene rings is 1. The van der Waals surface area contributed by atoms with Crippen molar-refractivity contribution in [3.05, 3.63) is 23.8 Å². The van der Waals surface area contributed by atoms with E-state index in [0.717, 1.165) is 0 Å². The number of rotatable bonds is 6. The standard InChI is InChI=1S/C14H23N3O3S/c1-5-14(3,9-15)13(18)17-11-7-6-10(2)12(8-11)21(19,20)16-4/h6-8,16H,5,9,15H2,1-4H3,(H,17,18). The van der Waals surface area contributed by atoms with Crippen molar-refractivity contribution in [2.24, 2.45) is 11.1 Å². The Kier molecular flexibility index (Phi) is 5.49. The number of nitrogens with two attached hydrogens (primary N) is 1. The van der Waals surface area contributed by atoms with Crippen LogP contribution in [0.5, 0.6) is 0 Å². The number of hydrogen-bond donors (Lipinski definition) is 3. The Labute approximate surface area is 126 Å². The third-order valence-corrected chi connectivity index (χ3v) is 5.34. The van der Waals surface area contributed by atoms with Crippen LogP contribution >= 0.6 is 0 Å². The smallest absolute Gasteiger partial charge is 0.240 e. The zero-order chi connectivity index (χ0) is 16.3. The molecule has 0 heterocycles. The molecule has 1 aromatic carbocycles. The van der Waals surface area contributed by atoms with E-state index in [-0.39, 0.29) is 17.3 Å². The number of nitrogens with one attached hydrogen (secondary N) is 2. The molecule has 0 fully saturated rings. The number of carbonyl (C=O) groups excluding carboxylic acids is 1. The van der Waals surface area contributed by atoms with E-state index in [9.17, 15) is 13.2 Å². The van der Waals surface area contributed by atoms with Gasteiger partial charge in [0.15, 0.2) is 0 Å². The molecule has 7 heteroatoms. The van der Waals surface area contributed by atoms with Gasteiger partial charge in [-0.3, -0.25) is 4.79 Å². The van der Waals surface area contributed by atoms with Crippen molar-refractivity contribution in [3.63, 3.8) is 0 Å². The average molecular weight is 313 g/mol. The van der Waals surface area contributed by atoms with Gasteiger partial charge in [0.25, 0.3) is 0 Å². The van der Waals surface area contributed by atoms with E-state index >= 15 is 0 Å². The highest BCUT2D eigenvalue weighted by Gasteiger charge is 2.29. The fraction of sp³-hybridized carbons (Fsp3) is 0.500. The lowest BCUT2D eigenvalue weighted by molar-refractivity contribution is -0.124. The zero-order valence-electron chi connectivity index (χ0n) is 12.9. The van der Waals surface area contributed by atoms with Gasteiger partial charge in [-0.25, -0.2) is 13.1 Å². The Morgan fingerprint density at radius 2 is 2.00 bits per heavy atom. The van der Waals surface area contributed by atoms with Gasteiger partial charge in [-0.15, -0.1) is 0 Å². The van der Waals surface area contributed by atoms with Gasteiger partial charge in [0.1, 0.15) is 0 Å². The molecule has 0 radical (unpaired) electrons. The number of anilines is 1. The van der Waals surface area contributed by atoms with E-state index in [1.54, 1.807) is 26.0 Å². The fourth-order valence-electron chi connectivity index (χ4n) is 1.76. The largest absolute Gasteiger partial charge is 0.329 e. The monoisotopic (exact) mass is 313 g/mol. The van der Waals surface area contributed by atoms with E-state index in [1.807, 2.05) is 6.92 Å². The van der Waals surface area contributed by atoms with Gasteiger partial charge < -0.3 is 11.1 Å². The molecule has 1 aromatic rings. The van der Waals surface area contributed by atoms with Crippen molar-refractivity contribution < 1.29 is 13.2 Å². The Morgan fingerprint density at radius 3 is 2.48 bits per heavy atom. The van der Waals surface area contributed by atoms with Crippen LogP contribution in [0.25, 0.3) is 0 Å².